The second kappa shape index (κ2) is 9.60. The van der Waals surface area contributed by atoms with E-state index in [1.54, 1.807) is 23.9 Å². The van der Waals surface area contributed by atoms with Gasteiger partial charge in [0.15, 0.2) is 0 Å². The molecule has 0 heterocycles. The average molecular weight is 364 g/mol. The molecule has 0 aromatic heterocycles. The quantitative estimate of drug-likeness (QED) is 0.685. The standard InChI is InChI=1S/C19H22ClNO2S/c1-14(2)23-18-8-6-16(7-9-18)19(22)21-10-11-24-13-15-4-3-5-17(20)12-15/h3-9,12,14H,10-11,13H2,1-2H3,(H,21,22). The number of halogens is 1. The third kappa shape index (κ3) is 6.46. The molecule has 24 heavy (non-hydrogen) atoms. The highest BCUT2D eigenvalue weighted by Gasteiger charge is 2.05. The van der Waals surface area contributed by atoms with Gasteiger partial charge in [-0.15, -0.1) is 0 Å². The van der Waals surface area contributed by atoms with Crippen LogP contribution in [0.2, 0.25) is 5.02 Å². The Morgan fingerprint density at radius 1 is 1.21 bits per heavy atom. The van der Waals surface area contributed by atoms with Gasteiger partial charge >= 0.3 is 0 Å². The molecular weight excluding hydrogens is 342 g/mol. The summed E-state index contributed by atoms with van der Waals surface area (Å²) in [7, 11) is 0. The lowest BCUT2D eigenvalue weighted by Gasteiger charge is -2.10. The van der Waals surface area contributed by atoms with E-state index in [1.807, 2.05) is 44.2 Å². The second-order valence-electron chi connectivity index (χ2n) is 5.63. The molecule has 1 amide bonds. The van der Waals surface area contributed by atoms with Gasteiger partial charge in [-0.05, 0) is 55.8 Å². The lowest BCUT2D eigenvalue weighted by Crippen LogP contribution is -2.25. The summed E-state index contributed by atoms with van der Waals surface area (Å²) in [4.78, 5) is 12.1. The largest absolute Gasteiger partial charge is 0.491 e. The molecule has 0 saturated heterocycles. The molecule has 0 aliphatic heterocycles. The maximum absolute atomic E-state index is 12.1. The van der Waals surface area contributed by atoms with Crippen molar-refractivity contribution in [1.82, 2.24) is 5.32 Å². The molecule has 0 spiro atoms. The summed E-state index contributed by atoms with van der Waals surface area (Å²) in [6.45, 7) is 4.58. The van der Waals surface area contributed by atoms with Crippen molar-refractivity contribution in [2.75, 3.05) is 12.3 Å². The van der Waals surface area contributed by atoms with E-state index < -0.39 is 0 Å². The summed E-state index contributed by atoms with van der Waals surface area (Å²) in [5.41, 5.74) is 1.84. The van der Waals surface area contributed by atoms with Gasteiger partial charge in [0, 0.05) is 28.6 Å². The van der Waals surface area contributed by atoms with E-state index in [9.17, 15) is 4.79 Å². The highest BCUT2D eigenvalue weighted by molar-refractivity contribution is 7.98. The predicted molar refractivity (Wildman–Crippen MR) is 102 cm³/mol. The van der Waals surface area contributed by atoms with Crippen molar-refractivity contribution >= 4 is 29.3 Å². The van der Waals surface area contributed by atoms with Gasteiger partial charge in [0.05, 0.1) is 6.10 Å². The van der Waals surface area contributed by atoms with Crippen LogP contribution in [-0.2, 0) is 5.75 Å². The highest BCUT2D eigenvalue weighted by atomic mass is 35.5. The number of carbonyl (C=O) groups excluding carboxylic acids is 1. The number of carbonyl (C=O) groups is 1. The van der Waals surface area contributed by atoms with Crippen LogP contribution in [-0.4, -0.2) is 24.3 Å². The Kier molecular flexibility index (Phi) is 7.47. The molecule has 0 bridgehead atoms. The first kappa shape index (κ1) is 18.7. The minimum absolute atomic E-state index is 0.0607. The monoisotopic (exact) mass is 363 g/mol. The number of hydrogen-bond donors (Lipinski definition) is 1. The second-order valence-corrected chi connectivity index (χ2v) is 7.17. The minimum Gasteiger partial charge on any atom is -0.491 e. The molecule has 3 nitrogen and oxygen atoms in total. The van der Waals surface area contributed by atoms with E-state index in [1.165, 1.54) is 5.56 Å². The van der Waals surface area contributed by atoms with E-state index in [2.05, 4.69) is 11.4 Å². The Bertz CT molecular complexity index is 659. The molecule has 2 aromatic carbocycles. The first-order valence-electron chi connectivity index (χ1n) is 7.91. The van der Waals surface area contributed by atoms with Crippen molar-refractivity contribution in [3.8, 4) is 5.75 Å². The Morgan fingerprint density at radius 2 is 1.96 bits per heavy atom. The van der Waals surface area contributed by atoms with Crippen molar-refractivity contribution in [2.24, 2.45) is 0 Å². The molecule has 0 radical (unpaired) electrons. The van der Waals surface area contributed by atoms with Gasteiger partial charge in [-0.3, -0.25) is 4.79 Å². The van der Waals surface area contributed by atoms with Gasteiger partial charge < -0.3 is 10.1 Å². The van der Waals surface area contributed by atoms with Crippen LogP contribution in [0.15, 0.2) is 48.5 Å². The molecule has 5 heteroatoms. The molecule has 128 valence electrons. The van der Waals surface area contributed by atoms with Gasteiger partial charge in [0.2, 0.25) is 0 Å². The highest BCUT2D eigenvalue weighted by Crippen LogP contribution is 2.16. The lowest BCUT2D eigenvalue weighted by atomic mass is 10.2. The maximum Gasteiger partial charge on any atom is 0.251 e. The summed E-state index contributed by atoms with van der Waals surface area (Å²) in [5, 5.41) is 3.69. The normalized spacial score (nSPS) is 10.7. The Labute approximate surface area is 152 Å². The van der Waals surface area contributed by atoms with Crippen molar-refractivity contribution in [3.05, 3.63) is 64.7 Å². The van der Waals surface area contributed by atoms with E-state index in [0.717, 1.165) is 22.3 Å². The number of amides is 1. The van der Waals surface area contributed by atoms with Crippen LogP contribution in [0.25, 0.3) is 0 Å². The van der Waals surface area contributed by atoms with Gasteiger partial charge in [0.1, 0.15) is 5.75 Å². The summed E-state index contributed by atoms with van der Waals surface area (Å²) in [6, 6.07) is 15.1. The zero-order chi connectivity index (χ0) is 17.4. The van der Waals surface area contributed by atoms with Crippen LogP contribution in [0.4, 0.5) is 0 Å². The molecule has 0 unspecified atom stereocenters. The van der Waals surface area contributed by atoms with Gasteiger partial charge in [0.25, 0.3) is 5.91 Å². The molecular formula is C19H22ClNO2S. The first-order valence-corrected chi connectivity index (χ1v) is 9.45. The maximum atomic E-state index is 12.1. The third-order valence-electron chi connectivity index (χ3n) is 3.18. The number of nitrogens with one attached hydrogen (secondary N) is 1. The van der Waals surface area contributed by atoms with E-state index >= 15 is 0 Å². The van der Waals surface area contributed by atoms with Gasteiger partial charge in [-0.25, -0.2) is 0 Å². The smallest absolute Gasteiger partial charge is 0.251 e. The fourth-order valence-corrected chi connectivity index (χ4v) is 3.13. The number of hydrogen-bond acceptors (Lipinski definition) is 3. The van der Waals surface area contributed by atoms with Crippen molar-refractivity contribution in [1.29, 1.82) is 0 Å². The fourth-order valence-electron chi connectivity index (χ4n) is 2.11. The number of benzene rings is 2. The third-order valence-corrected chi connectivity index (χ3v) is 4.44. The van der Waals surface area contributed by atoms with Crippen molar-refractivity contribution in [2.45, 2.75) is 25.7 Å². The molecule has 0 aliphatic rings. The summed E-state index contributed by atoms with van der Waals surface area (Å²) in [5.74, 6) is 2.46. The Balaban J connectivity index is 1.69. The zero-order valence-corrected chi connectivity index (χ0v) is 15.5. The van der Waals surface area contributed by atoms with E-state index in [-0.39, 0.29) is 12.0 Å². The Hall–Kier alpha value is -1.65. The van der Waals surface area contributed by atoms with E-state index in [4.69, 9.17) is 16.3 Å². The zero-order valence-electron chi connectivity index (χ0n) is 13.9. The molecule has 0 aliphatic carbocycles. The van der Waals surface area contributed by atoms with Crippen LogP contribution >= 0.6 is 23.4 Å². The van der Waals surface area contributed by atoms with Crippen LogP contribution < -0.4 is 10.1 Å². The molecule has 0 fully saturated rings. The molecule has 1 N–H and O–H groups in total. The first-order chi connectivity index (χ1) is 11.5. The van der Waals surface area contributed by atoms with Crippen molar-refractivity contribution in [3.63, 3.8) is 0 Å². The molecule has 2 rings (SSSR count). The Morgan fingerprint density at radius 3 is 2.62 bits per heavy atom. The topological polar surface area (TPSA) is 38.3 Å². The fraction of sp³-hybridized carbons (Fsp3) is 0.316. The molecule has 2 aromatic rings. The predicted octanol–water partition coefficient (Wildman–Crippen LogP) is 4.79. The van der Waals surface area contributed by atoms with Gasteiger partial charge in [-0.1, -0.05) is 23.7 Å². The number of ether oxygens (including phenoxy) is 1. The molecule has 0 saturated carbocycles. The van der Waals surface area contributed by atoms with Crippen LogP contribution in [0.1, 0.15) is 29.8 Å². The average Bonchev–Trinajstić information content (AvgIpc) is 2.54. The SMILES string of the molecule is CC(C)Oc1ccc(C(=O)NCCSCc2cccc(Cl)c2)cc1. The number of rotatable bonds is 8. The van der Waals surface area contributed by atoms with Crippen LogP contribution in [0.5, 0.6) is 5.75 Å². The number of thioether (sulfide) groups is 1. The van der Waals surface area contributed by atoms with Crippen LogP contribution in [0, 0.1) is 0 Å². The summed E-state index contributed by atoms with van der Waals surface area (Å²) >= 11 is 7.73. The minimum atomic E-state index is -0.0607. The summed E-state index contributed by atoms with van der Waals surface area (Å²) < 4.78 is 5.57. The van der Waals surface area contributed by atoms with Crippen LogP contribution in [0.3, 0.4) is 0 Å². The summed E-state index contributed by atoms with van der Waals surface area (Å²) in [6.07, 6.45) is 0.126. The molecule has 0 atom stereocenters. The van der Waals surface area contributed by atoms with E-state index in [0.29, 0.717) is 12.1 Å². The lowest BCUT2D eigenvalue weighted by molar-refractivity contribution is 0.0956. The van der Waals surface area contributed by atoms with Gasteiger partial charge in [-0.2, -0.15) is 11.8 Å². The van der Waals surface area contributed by atoms with Crippen molar-refractivity contribution < 1.29 is 9.53 Å².